The van der Waals surface area contributed by atoms with Gasteiger partial charge in [0.2, 0.25) is 5.91 Å². The monoisotopic (exact) mass is 428 g/mol. The van der Waals surface area contributed by atoms with Crippen LogP contribution in [0.1, 0.15) is 47.0 Å². The first-order valence-electron chi connectivity index (χ1n) is 7.71. The second-order valence-corrected chi connectivity index (χ2v) is 5.97. The van der Waals surface area contributed by atoms with Gasteiger partial charge in [-0.15, -0.1) is 24.0 Å². The van der Waals surface area contributed by atoms with E-state index in [1.54, 1.807) is 7.11 Å². The molecule has 0 spiro atoms. The van der Waals surface area contributed by atoms with Gasteiger partial charge in [-0.05, 0) is 47.0 Å². The number of methoxy groups -OCH3 is 1. The molecule has 0 aliphatic carbocycles. The van der Waals surface area contributed by atoms with Crippen molar-refractivity contribution in [2.75, 3.05) is 33.4 Å². The molecule has 0 heterocycles. The van der Waals surface area contributed by atoms with Crippen molar-refractivity contribution >= 4 is 35.8 Å². The van der Waals surface area contributed by atoms with Crippen molar-refractivity contribution in [2.45, 2.75) is 52.5 Å². The van der Waals surface area contributed by atoms with Crippen molar-refractivity contribution in [1.82, 2.24) is 16.0 Å². The second kappa shape index (κ2) is 14.0. The molecular weight excluding hydrogens is 395 g/mol. The summed E-state index contributed by atoms with van der Waals surface area (Å²) in [4.78, 5) is 16.0. The van der Waals surface area contributed by atoms with Gasteiger partial charge in [0, 0.05) is 32.3 Å². The molecular formula is C15H33IN4O2. The van der Waals surface area contributed by atoms with Crippen LogP contribution < -0.4 is 16.0 Å². The number of ether oxygens (including phenoxy) is 1. The fraction of sp³-hybridized carbons (Fsp3) is 0.867. The first-order valence-corrected chi connectivity index (χ1v) is 7.71. The van der Waals surface area contributed by atoms with Gasteiger partial charge in [-0.2, -0.15) is 0 Å². The summed E-state index contributed by atoms with van der Waals surface area (Å²) in [5.74, 6) is 0.619. The maximum atomic E-state index is 11.7. The predicted octanol–water partition coefficient (Wildman–Crippen LogP) is 1.89. The summed E-state index contributed by atoms with van der Waals surface area (Å²) in [7, 11) is 1.72. The number of aliphatic imine (C=N–C) groups is 1. The highest BCUT2D eigenvalue weighted by molar-refractivity contribution is 14.0. The Morgan fingerprint density at radius 3 is 2.36 bits per heavy atom. The van der Waals surface area contributed by atoms with Crippen molar-refractivity contribution < 1.29 is 9.53 Å². The molecule has 0 unspecified atom stereocenters. The van der Waals surface area contributed by atoms with Gasteiger partial charge in [-0.3, -0.25) is 4.79 Å². The van der Waals surface area contributed by atoms with E-state index >= 15 is 0 Å². The van der Waals surface area contributed by atoms with Crippen LogP contribution in [0.15, 0.2) is 4.99 Å². The minimum Gasteiger partial charge on any atom is -0.385 e. The lowest BCUT2D eigenvalue weighted by Gasteiger charge is -2.20. The molecule has 0 atom stereocenters. The van der Waals surface area contributed by atoms with Gasteiger partial charge in [-0.1, -0.05) is 0 Å². The topological polar surface area (TPSA) is 74.8 Å². The highest BCUT2D eigenvalue weighted by Crippen LogP contribution is 1.97. The third-order valence-corrected chi connectivity index (χ3v) is 2.56. The summed E-state index contributed by atoms with van der Waals surface area (Å²) in [6.07, 6.45) is 3.24. The molecule has 0 aromatic rings. The average molecular weight is 428 g/mol. The quantitative estimate of drug-likeness (QED) is 0.227. The maximum absolute atomic E-state index is 11.7. The first kappa shape index (κ1) is 23.7. The third kappa shape index (κ3) is 15.8. The number of hydrogen-bond acceptors (Lipinski definition) is 3. The number of rotatable bonds is 9. The van der Waals surface area contributed by atoms with Gasteiger partial charge in [0.25, 0.3) is 0 Å². The van der Waals surface area contributed by atoms with Crippen LogP contribution in [-0.2, 0) is 9.53 Å². The number of nitrogens with one attached hydrogen (secondary N) is 3. The van der Waals surface area contributed by atoms with E-state index in [4.69, 9.17) is 4.74 Å². The van der Waals surface area contributed by atoms with Gasteiger partial charge in [0.1, 0.15) is 6.54 Å². The molecule has 132 valence electrons. The zero-order valence-electron chi connectivity index (χ0n) is 14.6. The number of guanidine groups is 1. The molecule has 1 amide bonds. The lowest BCUT2D eigenvalue weighted by atomic mass is 10.1. The van der Waals surface area contributed by atoms with E-state index in [2.05, 4.69) is 20.9 Å². The number of amides is 1. The van der Waals surface area contributed by atoms with E-state index in [0.29, 0.717) is 5.96 Å². The van der Waals surface area contributed by atoms with Gasteiger partial charge in [-0.25, -0.2) is 4.99 Å². The Morgan fingerprint density at radius 1 is 1.14 bits per heavy atom. The molecule has 0 aromatic heterocycles. The van der Waals surface area contributed by atoms with Gasteiger partial charge >= 0.3 is 0 Å². The fourth-order valence-electron chi connectivity index (χ4n) is 1.71. The lowest BCUT2D eigenvalue weighted by molar-refractivity contribution is -0.121. The highest BCUT2D eigenvalue weighted by atomic mass is 127. The van der Waals surface area contributed by atoms with Crippen LogP contribution in [0, 0.1) is 0 Å². The van der Waals surface area contributed by atoms with Crippen molar-refractivity contribution in [3.8, 4) is 0 Å². The normalized spacial score (nSPS) is 11.6. The number of halogens is 1. The lowest BCUT2D eigenvalue weighted by Crippen LogP contribution is -2.43. The molecule has 0 fully saturated rings. The minimum atomic E-state index is -0.222. The van der Waals surface area contributed by atoms with Gasteiger partial charge in [0.15, 0.2) is 5.96 Å². The zero-order valence-corrected chi connectivity index (χ0v) is 17.0. The second-order valence-electron chi connectivity index (χ2n) is 5.97. The number of carbonyl (C=O) groups is 1. The van der Waals surface area contributed by atoms with Crippen LogP contribution >= 0.6 is 24.0 Å². The number of nitrogens with zero attached hydrogens (tertiary/aromatic N) is 1. The highest BCUT2D eigenvalue weighted by Gasteiger charge is 2.13. The van der Waals surface area contributed by atoms with Crippen molar-refractivity contribution in [3.05, 3.63) is 0 Å². The molecule has 0 saturated heterocycles. The standard InChI is InChI=1S/C15H32N4O2.HI/c1-6-16-14(17-10-8-7-9-11-21-5)18-12-13(20)19-15(2,3)4;/h6-12H2,1-5H3,(H,19,20)(H2,16,17,18);1H. The number of unbranched alkanes of at least 4 members (excludes halogenated alkanes) is 2. The van der Waals surface area contributed by atoms with E-state index in [1.807, 2.05) is 27.7 Å². The minimum absolute atomic E-state index is 0. The molecule has 0 aliphatic heterocycles. The average Bonchev–Trinajstić information content (AvgIpc) is 2.37. The molecule has 0 aliphatic rings. The Kier molecular flexibility index (Phi) is 15.1. The number of carbonyl (C=O) groups excluding carboxylic acids is 1. The Labute approximate surface area is 152 Å². The molecule has 0 bridgehead atoms. The Balaban J connectivity index is 0. The van der Waals surface area contributed by atoms with E-state index in [9.17, 15) is 4.79 Å². The molecule has 22 heavy (non-hydrogen) atoms. The molecule has 3 N–H and O–H groups in total. The van der Waals surface area contributed by atoms with Crippen molar-refractivity contribution in [2.24, 2.45) is 4.99 Å². The smallest absolute Gasteiger partial charge is 0.242 e. The Bertz CT molecular complexity index is 317. The summed E-state index contributed by atoms with van der Waals surface area (Å²) in [5.41, 5.74) is -0.222. The zero-order chi connectivity index (χ0) is 16.1. The van der Waals surface area contributed by atoms with Crippen LogP contribution in [0.5, 0.6) is 0 Å². The van der Waals surface area contributed by atoms with Crippen LogP contribution in [0.25, 0.3) is 0 Å². The van der Waals surface area contributed by atoms with E-state index in [-0.39, 0.29) is 42.0 Å². The molecule has 0 saturated carbocycles. The molecule has 7 heteroatoms. The van der Waals surface area contributed by atoms with Crippen molar-refractivity contribution in [1.29, 1.82) is 0 Å². The fourth-order valence-corrected chi connectivity index (χ4v) is 1.71. The summed E-state index contributed by atoms with van der Waals surface area (Å²) in [6, 6.07) is 0. The number of hydrogen-bond donors (Lipinski definition) is 3. The first-order chi connectivity index (χ1) is 9.89. The van der Waals surface area contributed by atoms with Crippen LogP contribution in [0.4, 0.5) is 0 Å². The molecule has 0 aromatic carbocycles. The predicted molar refractivity (Wildman–Crippen MR) is 103 cm³/mol. The Hall–Kier alpha value is -0.570. The van der Waals surface area contributed by atoms with Gasteiger partial charge < -0.3 is 20.7 Å². The Morgan fingerprint density at radius 2 is 1.82 bits per heavy atom. The van der Waals surface area contributed by atoms with E-state index < -0.39 is 0 Å². The summed E-state index contributed by atoms with van der Waals surface area (Å²) in [5, 5.41) is 9.26. The largest absolute Gasteiger partial charge is 0.385 e. The maximum Gasteiger partial charge on any atom is 0.242 e. The summed E-state index contributed by atoms with van der Waals surface area (Å²) >= 11 is 0. The van der Waals surface area contributed by atoms with Crippen LogP contribution in [0.3, 0.4) is 0 Å². The van der Waals surface area contributed by atoms with Crippen molar-refractivity contribution in [3.63, 3.8) is 0 Å². The molecule has 0 radical (unpaired) electrons. The molecule has 0 rings (SSSR count). The van der Waals surface area contributed by atoms with E-state index in [0.717, 1.165) is 39.0 Å². The van der Waals surface area contributed by atoms with Crippen LogP contribution in [-0.4, -0.2) is 50.8 Å². The van der Waals surface area contributed by atoms with E-state index in [1.165, 1.54) is 0 Å². The van der Waals surface area contributed by atoms with Crippen LogP contribution in [0.2, 0.25) is 0 Å². The summed E-state index contributed by atoms with van der Waals surface area (Å²) < 4.78 is 5.01. The molecule has 6 nitrogen and oxygen atoms in total. The SMILES string of the molecule is CCNC(=NCC(=O)NC(C)(C)C)NCCCCCOC.I. The third-order valence-electron chi connectivity index (χ3n) is 2.56. The summed E-state index contributed by atoms with van der Waals surface area (Å²) in [6.45, 7) is 10.4. The van der Waals surface area contributed by atoms with Gasteiger partial charge in [0.05, 0.1) is 0 Å².